The molecule has 0 spiro atoms. The minimum atomic E-state index is -0.138. The molecular formula is C8H13N3O2. The SMILES string of the molecule is Cn1c(C2CCOCC2)n[nH]c1=O. The van der Waals surface area contributed by atoms with Gasteiger partial charge in [0.1, 0.15) is 5.82 Å². The number of aromatic nitrogens is 3. The number of hydrogen-bond acceptors (Lipinski definition) is 3. The average molecular weight is 183 g/mol. The Bertz CT molecular complexity index is 335. The standard InChI is InChI=1S/C8H13N3O2/c1-11-7(9-10-8(11)12)6-2-4-13-5-3-6/h6H,2-5H2,1H3,(H,10,12). The summed E-state index contributed by atoms with van der Waals surface area (Å²) in [6, 6.07) is 0. The van der Waals surface area contributed by atoms with Crippen molar-refractivity contribution in [1.82, 2.24) is 14.8 Å². The van der Waals surface area contributed by atoms with Gasteiger partial charge in [-0.1, -0.05) is 0 Å². The molecule has 1 fully saturated rings. The lowest BCUT2D eigenvalue weighted by Crippen LogP contribution is -2.20. The van der Waals surface area contributed by atoms with Crippen molar-refractivity contribution in [2.24, 2.45) is 7.05 Å². The first-order chi connectivity index (χ1) is 6.29. The van der Waals surface area contributed by atoms with Crippen molar-refractivity contribution in [3.63, 3.8) is 0 Å². The van der Waals surface area contributed by atoms with Crippen LogP contribution in [0.3, 0.4) is 0 Å². The maximum atomic E-state index is 11.1. The van der Waals surface area contributed by atoms with Crippen molar-refractivity contribution in [1.29, 1.82) is 0 Å². The summed E-state index contributed by atoms with van der Waals surface area (Å²) in [5.41, 5.74) is -0.138. The Morgan fingerprint density at radius 1 is 1.54 bits per heavy atom. The fraction of sp³-hybridized carbons (Fsp3) is 0.750. The van der Waals surface area contributed by atoms with Crippen LogP contribution in [0.15, 0.2) is 4.79 Å². The highest BCUT2D eigenvalue weighted by Gasteiger charge is 2.20. The molecule has 13 heavy (non-hydrogen) atoms. The highest BCUT2D eigenvalue weighted by molar-refractivity contribution is 4.96. The van der Waals surface area contributed by atoms with Crippen LogP contribution in [-0.2, 0) is 11.8 Å². The molecule has 0 aromatic carbocycles. The highest BCUT2D eigenvalue weighted by atomic mass is 16.5. The first kappa shape index (κ1) is 8.50. The lowest BCUT2D eigenvalue weighted by Gasteiger charge is -2.20. The predicted octanol–water partition coefficient (Wildman–Crippen LogP) is 0.00240. The number of hydrogen-bond donors (Lipinski definition) is 1. The van der Waals surface area contributed by atoms with E-state index in [1.165, 1.54) is 0 Å². The molecule has 0 saturated carbocycles. The van der Waals surface area contributed by atoms with Crippen LogP contribution in [0.5, 0.6) is 0 Å². The van der Waals surface area contributed by atoms with Gasteiger partial charge >= 0.3 is 5.69 Å². The van der Waals surface area contributed by atoms with E-state index in [0.717, 1.165) is 31.9 Å². The fourth-order valence-corrected chi connectivity index (χ4v) is 1.68. The average Bonchev–Trinajstić information content (AvgIpc) is 2.49. The van der Waals surface area contributed by atoms with E-state index >= 15 is 0 Å². The molecule has 0 atom stereocenters. The molecule has 1 aromatic rings. The Morgan fingerprint density at radius 2 is 2.23 bits per heavy atom. The van der Waals surface area contributed by atoms with Gasteiger partial charge < -0.3 is 4.74 Å². The van der Waals surface area contributed by atoms with Crippen LogP contribution < -0.4 is 5.69 Å². The minimum absolute atomic E-state index is 0.138. The van der Waals surface area contributed by atoms with Crippen LogP contribution in [0.1, 0.15) is 24.6 Å². The van der Waals surface area contributed by atoms with E-state index in [0.29, 0.717) is 5.92 Å². The smallest absolute Gasteiger partial charge is 0.343 e. The number of rotatable bonds is 1. The maximum Gasteiger partial charge on any atom is 0.343 e. The van der Waals surface area contributed by atoms with Crippen molar-refractivity contribution in [2.75, 3.05) is 13.2 Å². The fourth-order valence-electron chi connectivity index (χ4n) is 1.68. The molecule has 0 unspecified atom stereocenters. The van der Waals surface area contributed by atoms with E-state index in [-0.39, 0.29) is 5.69 Å². The number of ether oxygens (including phenoxy) is 1. The second kappa shape index (κ2) is 3.33. The zero-order valence-corrected chi connectivity index (χ0v) is 7.62. The summed E-state index contributed by atoms with van der Waals surface area (Å²) < 4.78 is 6.82. The molecule has 0 bridgehead atoms. The van der Waals surface area contributed by atoms with Gasteiger partial charge in [-0.25, -0.2) is 9.89 Å². The Labute approximate surface area is 75.7 Å². The van der Waals surface area contributed by atoms with E-state index in [9.17, 15) is 4.79 Å². The molecule has 72 valence electrons. The van der Waals surface area contributed by atoms with Crippen LogP contribution in [-0.4, -0.2) is 28.0 Å². The molecule has 1 N–H and O–H groups in total. The summed E-state index contributed by atoms with van der Waals surface area (Å²) in [4.78, 5) is 11.1. The van der Waals surface area contributed by atoms with Crippen molar-refractivity contribution in [3.05, 3.63) is 16.3 Å². The Kier molecular flexibility index (Phi) is 2.18. The summed E-state index contributed by atoms with van der Waals surface area (Å²) in [6.07, 6.45) is 1.91. The summed E-state index contributed by atoms with van der Waals surface area (Å²) in [5.74, 6) is 1.23. The molecule has 1 aliphatic rings. The van der Waals surface area contributed by atoms with Gasteiger partial charge in [0.15, 0.2) is 0 Å². The third-order valence-corrected chi connectivity index (χ3v) is 2.50. The molecule has 1 aliphatic heterocycles. The number of nitrogens with zero attached hydrogens (tertiary/aromatic N) is 2. The quantitative estimate of drug-likeness (QED) is 0.666. The van der Waals surface area contributed by atoms with E-state index < -0.39 is 0 Å². The van der Waals surface area contributed by atoms with Crippen LogP contribution in [0.25, 0.3) is 0 Å². The second-order valence-electron chi connectivity index (χ2n) is 3.33. The zero-order valence-electron chi connectivity index (χ0n) is 7.62. The van der Waals surface area contributed by atoms with Gasteiger partial charge in [0, 0.05) is 26.2 Å². The van der Waals surface area contributed by atoms with Crippen LogP contribution in [0, 0.1) is 0 Å². The van der Waals surface area contributed by atoms with Gasteiger partial charge in [0.2, 0.25) is 0 Å². The zero-order chi connectivity index (χ0) is 9.26. The first-order valence-corrected chi connectivity index (χ1v) is 4.48. The van der Waals surface area contributed by atoms with Gasteiger partial charge in [-0.15, -0.1) is 0 Å². The number of aromatic amines is 1. The van der Waals surface area contributed by atoms with Gasteiger partial charge in [-0.05, 0) is 12.8 Å². The normalized spacial score (nSPS) is 19.2. The van der Waals surface area contributed by atoms with E-state index in [1.54, 1.807) is 11.6 Å². The van der Waals surface area contributed by atoms with E-state index in [2.05, 4.69) is 10.2 Å². The second-order valence-corrected chi connectivity index (χ2v) is 3.33. The van der Waals surface area contributed by atoms with Crippen molar-refractivity contribution < 1.29 is 4.74 Å². The van der Waals surface area contributed by atoms with Crippen LogP contribution >= 0.6 is 0 Å². The summed E-state index contributed by atoms with van der Waals surface area (Å²) in [6.45, 7) is 1.54. The molecule has 2 rings (SSSR count). The largest absolute Gasteiger partial charge is 0.381 e. The topological polar surface area (TPSA) is 59.9 Å². The first-order valence-electron chi connectivity index (χ1n) is 4.48. The lowest BCUT2D eigenvalue weighted by molar-refractivity contribution is 0.0829. The molecule has 5 nitrogen and oxygen atoms in total. The van der Waals surface area contributed by atoms with E-state index in [4.69, 9.17) is 4.74 Å². The molecular weight excluding hydrogens is 170 g/mol. The molecule has 2 heterocycles. The number of H-pyrrole nitrogens is 1. The third kappa shape index (κ3) is 1.51. The molecule has 5 heteroatoms. The monoisotopic (exact) mass is 183 g/mol. The van der Waals surface area contributed by atoms with Gasteiger partial charge in [-0.2, -0.15) is 5.10 Å². The third-order valence-electron chi connectivity index (χ3n) is 2.50. The summed E-state index contributed by atoms with van der Waals surface area (Å²) in [5, 5.41) is 6.46. The van der Waals surface area contributed by atoms with Crippen LogP contribution in [0.4, 0.5) is 0 Å². The maximum absolute atomic E-state index is 11.1. The predicted molar refractivity (Wildman–Crippen MR) is 46.6 cm³/mol. The highest BCUT2D eigenvalue weighted by Crippen LogP contribution is 2.23. The van der Waals surface area contributed by atoms with Gasteiger partial charge in [0.25, 0.3) is 0 Å². The van der Waals surface area contributed by atoms with Gasteiger partial charge in [0.05, 0.1) is 0 Å². The van der Waals surface area contributed by atoms with Gasteiger partial charge in [-0.3, -0.25) is 4.57 Å². The van der Waals surface area contributed by atoms with Crippen molar-refractivity contribution in [3.8, 4) is 0 Å². The van der Waals surface area contributed by atoms with E-state index in [1.807, 2.05) is 0 Å². The summed E-state index contributed by atoms with van der Waals surface area (Å²) in [7, 11) is 1.75. The lowest BCUT2D eigenvalue weighted by atomic mass is 10.00. The molecule has 1 saturated heterocycles. The molecule has 0 radical (unpaired) electrons. The molecule has 1 aromatic heterocycles. The Hall–Kier alpha value is -1.10. The minimum Gasteiger partial charge on any atom is -0.381 e. The molecule has 0 aliphatic carbocycles. The molecule has 0 amide bonds. The summed E-state index contributed by atoms with van der Waals surface area (Å²) >= 11 is 0. The Morgan fingerprint density at radius 3 is 2.77 bits per heavy atom. The van der Waals surface area contributed by atoms with Crippen molar-refractivity contribution in [2.45, 2.75) is 18.8 Å². The Balaban J connectivity index is 2.23. The van der Waals surface area contributed by atoms with Crippen molar-refractivity contribution >= 4 is 0 Å². The van der Waals surface area contributed by atoms with Crippen LogP contribution in [0.2, 0.25) is 0 Å². The number of nitrogens with one attached hydrogen (secondary N) is 1.